The first-order valence-electron chi connectivity index (χ1n) is 5.71. The summed E-state index contributed by atoms with van der Waals surface area (Å²) in [6.45, 7) is 5.18. The molecule has 1 N–H and O–H groups in total. The Labute approximate surface area is 111 Å². The van der Waals surface area contributed by atoms with Gasteiger partial charge in [-0.25, -0.2) is 0 Å². The van der Waals surface area contributed by atoms with E-state index in [2.05, 4.69) is 42.1 Å². The summed E-state index contributed by atoms with van der Waals surface area (Å²) < 4.78 is 0. The van der Waals surface area contributed by atoms with Crippen molar-refractivity contribution in [3.8, 4) is 11.1 Å². The van der Waals surface area contributed by atoms with Crippen LogP contribution in [0.1, 0.15) is 19.4 Å². The predicted octanol–water partition coefficient (Wildman–Crippen LogP) is 4.57. The number of hydrogen-bond donors (Lipinski definition) is 1. The molecule has 0 amide bonds. The van der Waals surface area contributed by atoms with Gasteiger partial charge in [0.05, 0.1) is 0 Å². The normalized spacial score (nSPS) is 11.1. The zero-order valence-electron chi connectivity index (χ0n) is 10.0. The molecule has 0 atom stereocenters. The third-order valence-electron chi connectivity index (χ3n) is 2.60. The second-order valence-corrected chi connectivity index (χ2v) is 5.57. The second-order valence-electron chi connectivity index (χ2n) is 4.35. The van der Waals surface area contributed by atoms with Crippen LogP contribution in [0.5, 0.6) is 0 Å². The Morgan fingerprint density at radius 2 is 2.12 bits per heavy atom. The average Bonchev–Trinajstić information content (AvgIpc) is 2.80. The molecule has 3 heteroatoms. The molecule has 90 valence electrons. The van der Waals surface area contributed by atoms with Crippen LogP contribution < -0.4 is 5.32 Å². The maximum atomic E-state index is 6.08. The molecule has 2 rings (SSSR count). The van der Waals surface area contributed by atoms with Gasteiger partial charge in [-0.05, 0) is 45.6 Å². The fourth-order valence-electron chi connectivity index (χ4n) is 1.70. The number of halogens is 1. The molecule has 2 aromatic rings. The first-order valence-corrected chi connectivity index (χ1v) is 7.03. The van der Waals surface area contributed by atoms with Crippen molar-refractivity contribution in [2.75, 3.05) is 0 Å². The molecule has 17 heavy (non-hydrogen) atoms. The largest absolute Gasteiger partial charge is 0.310 e. The topological polar surface area (TPSA) is 12.0 Å². The Bertz CT molecular complexity index is 477. The molecule has 1 aromatic heterocycles. The summed E-state index contributed by atoms with van der Waals surface area (Å²) in [6.07, 6.45) is 0. The van der Waals surface area contributed by atoms with E-state index in [0.29, 0.717) is 6.04 Å². The SMILES string of the molecule is CC(C)NCc1ccc(Cl)cc1-c1ccsc1. The van der Waals surface area contributed by atoms with Crippen molar-refractivity contribution in [1.82, 2.24) is 5.32 Å². The lowest BCUT2D eigenvalue weighted by molar-refractivity contribution is 0.589. The monoisotopic (exact) mass is 265 g/mol. The van der Waals surface area contributed by atoms with E-state index in [1.807, 2.05) is 12.1 Å². The van der Waals surface area contributed by atoms with E-state index < -0.39 is 0 Å². The smallest absolute Gasteiger partial charge is 0.0412 e. The van der Waals surface area contributed by atoms with Crippen LogP contribution in [-0.4, -0.2) is 6.04 Å². The quantitative estimate of drug-likeness (QED) is 0.854. The lowest BCUT2D eigenvalue weighted by Crippen LogP contribution is -2.22. The Balaban J connectivity index is 2.31. The number of hydrogen-bond acceptors (Lipinski definition) is 2. The molecular formula is C14H16ClNS. The molecule has 0 saturated heterocycles. The minimum Gasteiger partial charge on any atom is -0.310 e. The number of thiophene rings is 1. The van der Waals surface area contributed by atoms with E-state index in [-0.39, 0.29) is 0 Å². The van der Waals surface area contributed by atoms with E-state index in [0.717, 1.165) is 11.6 Å². The summed E-state index contributed by atoms with van der Waals surface area (Å²) in [5, 5.41) is 8.49. The van der Waals surface area contributed by atoms with Gasteiger partial charge in [0, 0.05) is 17.6 Å². The second kappa shape index (κ2) is 5.67. The third kappa shape index (κ3) is 3.32. The van der Waals surface area contributed by atoms with Crippen LogP contribution in [0, 0.1) is 0 Å². The van der Waals surface area contributed by atoms with Gasteiger partial charge in [-0.1, -0.05) is 31.5 Å². The molecule has 0 fully saturated rings. The highest BCUT2D eigenvalue weighted by molar-refractivity contribution is 7.08. The van der Waals surface area contributed by atoms with Crippen LogP contribution >= 0.6 is 22.9 Å². The molecule has 0 saturated carbocycles. The van der Waals surface area contributed by atoms with E-state index in [1.54, 1.807) is 11.3 Å². The molecule has 0 aliphatic carbocycles. The minimum atomic E-state index is 0.487. The first-order chi connectivity index (χ1) is 8.16. The van der Waals surface area contributed by atoms with E-state index in [4.69, 9.17) is 11.6 Å². The van der Waals surface area contributed by atoms with Crippen LogP contribution in [0.2, 0.25) is 5.02 Å². The highest BCUT2D eigenvalue weighted by atomic mass is 35.5. The van der Waals surface area contributed by atoms with E-state index in [1.165, 1.54) is 16.7 Å². The Hall–Kier alpha value is -0.830. The summed E-state index contributed by atoms with van der Waals surface area (Å²) in [6, 6.07) is 8.72. The van der Waals surface area contributed by atoms with Crippen LogP contribution in [0.3, 0.4) is 0 Å². The summed E-state index contributed by atoms with van der Waals surface area (Å²) in [5.41, 5.74) is 3.77. The van der Waals surface area contributed by atoms with Crippen molar-refractivity contribution in [1.29, 1.82) is 0 Å². The number of benzene rings is 1. The van der Waals surface area contributed by atoms with Gasteiger partial charge in [0.15, 0.2) is 0 Å². The van der Waals surface area contributed by atoms with Gasteiger partial charge in [0.25, 0.3) is 0 Å². The van der Waals surface area contributed by atoms with E-state index >= 15 is 0 Å². The van der Waals surface area contributed by atoms with Crippen molar-refractivity contribution < 1.29 is 0 Å². The molecule has 1 heterocycles. The molecule has 1 aromatic carbocycles. The van der Waals surface area contributed by atoms with Gasteiger partial charge in [-0.3, -0.25) is 0 Å². The van der Waals surface area contributed by atoms with Crippen LogP contribution in [0.25, 0.3) is 11.1 Å². The molecule has 0 unspecified atom stereocenters. The maximum absolute atomic E-state index is 6.08. The molecule has 1 nitrogen and oxygen atoms in total. The van der Waals surface area contributed by atoms with Crippen molar-refractivity contribution in [3.63, 3.8) is 0 Å². The van der Waals surface area contributed by atoms with Crippen LogP contribution in [0.15, 0.2) is 35.0 Å². The van der Waals surface area contributed by atoms with Gasteiger partial charge in [-0.2, -0.15) is 11.3 Å². The molecule has 0 bridgehead atoms. The minimum absolute atomic E-state index is 0.487. The van der Waals surface area contributed by atoms with Gasteiger partial charge in [-0.15, -0.1) is 0 Å². The van der Waals surface area contributed by atoms with Gasteiger partial charge in [0.1, 0.15) is 0 Å². The summed E-state index contributed by atoms with van der Waals surface area (Å²) in [4.78, 5) is 0. The summed E-state index contributed by atoms with van der Waals surface area (Å²) in [5.74, 6) is 0. The van der Waals surface area contributed by atoms with Gasteiger partial charge < -0.3 is 5.32 Å². The standard InChI is InChI=1S/C14H16ClNS/c1-10(2)16-8-11-3-4-13(15)7-14(11)12-5-6-17-9-12/h3-7,9-10,16H,8H2,1-2H3. The average molecular weight is 266 g/mol. The highest BCUT2D eigenvalue weighted by Gasteiger charge is 2.07. The van der Waals surface area contributed by atoms with Crippen molar-refractivity contribution >= 4 is 22.9 Å². The first kappa shape index (κ1) is 12.6. The third-order valence-corrected chi connectivity index (χ3v) is 3.52. The Morgan fingerprint density at radius 1 is 1.29 bits per heavy atom. The summed E-state index contributed by atoms with van der Waals surface area (Å²) in [7, 11) is 0. The van der Waals surface area contributed by atoms with E-state index in [9.17, 15) is 0 Å². The zero-order valence-corrected chi connectivity index (χ0v) is 11.6. The molecule has 0 aliphatic heterocycles. The van der Waals surface area contributed by atoms with Crippen molar-refractivity contribution in [3.05, 3.63) is 45.6 Å². The zero-order chi connectivity index (χ0) is 12.3. The Kier molecular flexibility index (Phi) is 4.21. The molecular weight excluding hydrogens is 250 g/mol. The number of rotatable bonds is 4. The fraction of sp³-hybridized carbons (Fsp3) is 0.286. The molecule has 0 aliphatic rings. The van der Waals surface area contributed by atoms with Gasteiger partial charge in [0.2, 0.25) is 0 Å². The molecule has 0 radical (unpaired) electrons. The fourth-order valence-corrected chi connectivity index (χ4v) is 2.53. The highest BCUT2D eigenvalue weighted by Crippen LogP contribution is 2.28. The van der Waals surface area contributed by atoms with Gasteiger partial charge >= 0.3 is 0 Å². The van der Waals surface area contributed by atoms with Crippen LogP contribution in [0.4, 0.5) is 0 Å². The predicted molar refractivity (Wildman–Crippen MR) is 76.7 cm³/mol. The summed E-state index contributed by atoms with van der Waals surface area (Å²) >= 11 is 7.79. The Morgan fingerprint density at radius 3 is 2.76 bits per heavy atom. The maximum Gasteiger partial charge on any atom is 0.0412 e. The van der Waals surface area contributed by atoms with Crippen molar-refractivity contribution in [2.45, 2.75) is 26.4 Å². The number of nitrogens with one attached hydrogen (secondary N) is 1. The lowest BCUT2D eigenvalue weighted by atomic mass is 10.0. The van der Waals surface area contributed by atoms with Crippen LogP contribution in [-0.2, 0) is 6.54 Å². The molecule has 0 spiro atoms. The van der Waals surface area contributed by atoms with Crippen molar-refractivity contribution in [2.24, 2.45) is 0 Å². The lowest BCUT2D eigenvalue weighted by Gasteiger charge is -2.12.